The smallest absolute Gasteiger partial charge is 0.0535 e. The highest BCUT2D eigenvalue weighted by Crippen LogP contribution is 2.36. The quantitative estimate of drug-likeness (QED) is 0.709. The maximum atomic E-state index is 5.85. The molecule has 2 aromatic rings. The molecule has 134 valence electrons. The molecule has 2 aromatic heterocycles. The van der Waals surface area contributed by atoms with Crippen LogP contribution in [0.15, 0.2) is 29.2 Å². The van der Waals surface area contributed by atoms with Crippen molar-refractivity contribution in [1.82, 2.24) is 14.7 Å². The maximum absolute atomic E-state index is 5.85. The third kappa shape index (κ3) is 5.06. The number of aromatic nitrogens is 2. The van der Waals surface area contributed by atoms with Gasteiger partial charge in [-0.05, 0) is 55.1 Å². The van der Waals surface area contributed by atoms with Crippen LogP contribution in [0.4, 0.5) is 0 Å². The first-order valence-electron chi connectivity index (χ1n) is 8.48. The van der Waals surface area contributed by atoms with Gasteiger partial charge in [0.2, 0.25) is 0 Å². The second-order valence-electron chi connectivity index (χ2n) is 6.75. The van der Waals surface area contributed by atoms with Crippen molar-refractivity contribution in [2.24, 2.45) is 12.5 Å². The molecular formula is C18H28ClN3OS. The summed E-state index contributed by atoms with van der Waals surface area (Å²) in [6.07, 6.45) is 7.71. The summed E-state index contributed by atoms with van der Waals surface area (Å²) in [5.41, 5.74) is 3.08. The van der Waals surface area contributed by atoms with Gasteiger partial charge in [0.15, 0.2) is 0 Å². The van der Waals surface area contributed by atoms with Crippen LogP contribution in [-0.2, 0) is 24.8 Å². The molecular weight excluding hydrogens is 342 g/mol. The molecule has 0 unspecified atom stereocenters. The minimum atomic E-state index is 0. The lowest BCUT2D eigenvalue weighted by Gasteiger charge is -2.29. The van der Waals surface area contributed by atoms with E-state index < -0.39 is 0 Å². The van der Waals surface area contributed by atoms with Gasteiger partial charge in [-0.25, -0.2) is 0 Å². The summed E-state index contributed by atoms with van der Waals surface area (Å²) in [6.45, 7) is 7.08. The second-order valence-corrected chi connectivity index (χ2v) is 7.53. The summed E-state index contributed by atoms with van der Waals surface area (Å²) in [7, 11) is 1.98. The summed E-state index contributed by atoms with van der Waals surface area (Å²) in [5, 5.41) is 8.73. The predicted octanol–water partition coefficient (Wildman–Crippen LogP) is 3.76. The Bertz CT molecular complexity index is 601. The minimum absolute atomic E-state index is 0. The Balaban J connectivity index is 0.00000208. The number of ether oxygens (including phenoxy) is 1. The van der Waals surface area contributed by atoms with E-state index in [0.717, 1.165) is 39.3 Å². The van der Waals surface area contributed by atoms with Gasteiger partial charge in [0.1, 0.15) is 0 Å². The van der Waals surface area contributed by atoms with Gasteiger partial charge in [-0.2, -0.15) is 16.4 Å². The molecule has 3 heterocycles. The zero-order valence-corrected chi connectivity index (χ0v) is 16.2. The lowest BCUT2D eigenvalue weighted by atomic mass is 9.82. The van der Waals surface area contributed by atoms with Crippen molar-refractivity contribution < 1.29 is 4.74 Å². The van der Waals surface area contributed by atoms with Gasteiger partial charge in [0.25, 0.3) is 0 Å². The molecule has 0 saturated carbocycles. The first-order chi connectivity index (χ1) is 11.2. The fourth-order valence-electron chi connectivity index (χ4n) is 3.53. The van der Waals surface area contributed by atoms with Crippen molar-refractivity contribution in [1.29, 1.82) is 0 Å². The summed E-state index contributed by atoms with van der Waals surface area (Å²) in [4.78, 5) is 2.56. The molecule has 4 nitrogen and oxygen atoms in total. The van der Waals surface area contributed by atoms with Crippen molar-refractivity contribution in [2.45, 2.75) is 32.7 Å². The van der Waals surface area contributed by atoms with Crippen LogP contribution in [-0.4, -0.2) is 41.0 Å². The fraction of sp³-hybridized carbons (Fsp3) is 0.611. The Morgan fingerprint density at radius 2 is 2.25 bits per heavy atom. The van der Waals surface area contributed by atoms with Crippen LogP contribution in [0.1, 0.15) is 30.9 Å². The van der Waals surface area contributed by atoms with Crippen LogP contribution in [0.25, 0.3) is 0 Å². The number of aryl methyl sites for hydroxylation is 2. The minimum Gasteiger partial charge on any atom is -0.381 e. The van der Waals surface area contributed by atoms with Crippen LogP contribution < -0.4 is 0 Å². The van der Waals surface area contributed by atoms with Crippen molar-refractivity contribution in [3.63, 3.8) is 0 Å². The molecule has 1 aliphatic rings. The van der Waals surface area contributed by atoms with Gasteiger partial charge in [0.05, 0.1) is 12.8 Å². The molecule has 0 aromatic carbocycles. The summed E-state index contributed by atoms with van der Waals surface area (Å²) in [5.74, 6) is 0. The fourth-order valence-corrected chi connectivity index (χ4v) is 4.23. The van der Waals surface area contributed by atoms with Crippen molar-refractivity contribution >= 4 is 23.7 Å². The number of hydrogen-bond acceptors (Lipinski definition) is 4. The van der Waals surface area contributed by atoms with Crippen molar-refractivity contribution in [3.05, 3.63) is 40.3 Å². The molecule has 3 rings (SSSR count). The van der Waals surface area contributed by atoms with Crippen LogP contribution in [0.5, 0.6) is 0 Å². The Morgan fingerprint density at radius 3 is 2.92 bits per heavy atom. The Morgan fingerprint density at radius 1 is 1.38 bits per heavy atom. The molecule has 1 saturated heterocycles. The van der Waals surface area contributed by atoms with Gasteiger partial charge in [0, 0.05) is 43.9 Å². The Labute approximate surface area is 155 Å². The van der Waals surface area contributed by atoms with E-state index in [1.54, 1.807) is 11.3 Å². The topological polar surface area (TPSA) is 30.3 Å². The Kier molecular flexibility index (Phi) is 7.29. The molecule has 0 amide bonds. The summed E-state index contributed by atoms with van der Waals surface area (Å²) in [6, 6.07) is 2.25. The first kappa shape index (κ1) is 19.4. The molecule has 1 aliphatic heterocycles. The lowest BCUT2D eigenvalue weighted by molar-refractivity contribution is 0.0489. The highest BCUT2D eigenvalue weighted by Gasteiger charge is 2.38. The van der Waals surface area contributed by atoms with Crippen molar-refractivity contribution in [2.75, 3.05) is 26.3 Å². The summed E-state index contributed by atoms with van der Waals surface area (Å²) >= 11 is 1.79. The molecule has 0 bridgehead atoms. The SMILES string of the molecule is CCOC[C@@]1(CCc2ccsc2)CCN(Cc2cnn(C)c2)C1.Cl. The zero-order valence-electron chi connectivity index (χ0n) is 14.6. The number of thiophene rings is 1. The van der Waals surface area contributed by atoms with E-state index in [4.69, 9.17) is 4.74 Å². The van der Waals surface area contributed by atoms with E-state index in [-0.39, 0.29) is 12.4 Å². The van der Waals surface area contributed by atoms with E-state index in [1.165, 1.54) is 24.0 Å². The van der Waals surface area contributed by atoms with Crippen LogP contribution in [0, 0.1) is 5.41 Å². The molecule has 6 heteroatoms. The van der Waals surface area contributed by atoms with Crippen molar-refractivity contribution in [3.8, 4) is 0 Å². The van der Waals surface area contributed by atoms with Crippen LogP contribution in [0.2, 0.25) is 0 Å². The molecule has 0 spiro atoms. The Hall–Kier alpha value is -0.880. The number of rotatable bonds is 8. The average molecular weight is 370 g/mol. The normalized spacial score (nSPS) is 21.1. The predicted molar refractivity (Wildman–Crippen MR) is 102 cm³/mol. The standard InChI is InChI=1S/C18H27N3OS.ClH/c1-3-22-15-18(6-4-16-5-9-23-13-16)7-8-21(14-18)12-17-10-19-20(2)11-17;/h5,9-11,13H,3-4,6-8,12,14-15H2,1-2H3;1H/t18-;/m0./s1. The average Bonchev–Trinajstić information content (AvgIpc) is 3.26. The monoisotopic (exact) mass is 369 g/mol. The van der Waals surface area contributed by atoms with E-state index >= 15 is 0 Å². The third-order valence-corrected chi connectivity index (χ3v) is 5.55. The van der Waals surface area contributed by atoms with E-state index in [2.05, 4.69) is 39.9 Å². The van der Waals surface area contributed by atoms with Crippen LogP contribution in [0.3, 0.4) is 0 Å². The molecule has 0 aliphatic carbocycles. The number of halogens is 1. The number of likely N-dealkylation sites (tertiary alicyclic amines) is 1. The van der Waals surface area contributed by atoms with E-state index in [0.29, 0.717) is 5.41 Å². The van der Waals surface area contributed by atoms with E-state index in [1.807, 2.05) is 17.9 Å². The largest absolute Gasteiger partial charge is 0.381 e. The highest BCUT2D eigenvalue weighted by atomic mass is 35.5. The zero-order chi connectivity index (χ0) is 16.1. The first-order valence-corrected chi connectivity index (χ1v) is 9.42. The van der Waals surface area contributed by atoms with Gasteiger partial charge in [-0.3, -0.25) is 9.58 Å². The van der Waals surface area contributed by atoms with Gasteiger partial charge >= 0.3 is 0 Å². The lowest BCUT2D eigenvalue weighted by Crippen LogP contribution is -2.32. The van der Waals surface area contributed by atoms with Gasteiger partial charge < -0.3 is 4.74 Å². The molecule has 1 fully saturated rings. The van der Waals surface area contributed by atoms with Gasteiger partial charge in [-0.15, -0.1) is 12.4 Å². The maximum Gasteiger partial charge on any atom is 0.0535 e. The molecule has 0 N–H and O–H groups in total. The number of nitrogens with zero attached hydrogens (tertiary/aromatic N) is 3. The van der Waals surface area contributed by atoms with Crippen LogP contribution >= 0.6 is 23.7 Å². The second kappa shape index (κ2) is 8.99. The highest BCUT2D eigenvalue weighted by molar-refractivity contribution is 7.07. The number of hydrogen-bond donors (Lipinski definition) is 0. The van der Waals surface area contributed by atoms with E-state index in [9.17, 15) is 0 Å². The molecule has 24 heavy (non-hydrogen) atoms. The molecule has 1 atom stereocenters. The summed E-state index contributed by atoms with van der Waals surface area (Å²) < 4.78 is 7.74. The van der Waals surface area contributed by atoms with Gasteiger partial charge in [-0.1, -0.05) is 0 Å². The third-order valence-electron chi connectivity index (χ3n) is 4.82. The molecule has 0 radical (unpaired) electrons.